The molecule has 0 bridgehead atoms. The van der Waals surface area contributed by atoms with Gasteiger partial charge in [-0.05, 0) is 12.1 Å². The Morgan fingerprint density at radius 2 is 2.33 bits per heavy atom. The van der Waals surface area contributed by atoms with Gasteiger partial charge < -0.3 is 14.8 Å². The maximum absolute atomic E-state index is 10.6. The van der Waals surface area contributed by atoms with Crippen LogP contribution in [0.25, 0.3) is 11.4 Å². The zero-order valence-corrected chi connectivity index (χ0v) is 10.4. The number of benzene rings is 1. The number of aromatic nitrogens is 2. The van der Waals surface area contributed by atoms with Crippen molar-refractivity contribution in [2.45, 2.75) is 6.42 Å². The molecule has 2 rings (SSSR count). The van der Waals surface area contributed by atoms with Crippen molar-refractivity contribution < 1.29 is 14.6 Å². The maximum atomic E-state index is 10.6. The van der Waals surface area contributed by atoms with Crippen molar-refractivity contribution in [1.29, 1.82) is 0 Å². The first kappa shape index (κ1) is 12.4. The molecule has 0 aliphatic carbocycles. The average molecular weight is 267 g/mol. The Hall–Kier alpha value is -2.01. The van der Waals surface area contributed by atoms with Crippen LogP contribution in [-0.2, 0) is 11.2 Å². The van der Waals surface area contributed by atoms with Crippen LogP contribution in [0.3, 0.4) is 0 Å². The summed E-state index contributed by atoms with van der Waals surface area (Å²) in [6, 6.07) is 7.26. The van der Waals surface area contributed by atoms with Gasteiger partial charge in [0.2, 0.25) is 0 Å². The molecular weight excluding hydrogens is 256 g/mol. The highest BCUT2D eigenvalue weighted by Crippen LogP contribution is 2.24. The highest BCUT2D eigenvalue weighted by molar-refractivity contribution is 6.30. The minimum Gasteiger partial charge on any atom is -0.497 e. The Labute approximate surface area is 108 Å². The summed E-state index contributed by atoms with van der Waals surface area (Å²) in [6.45, 7) is 0. The van der Waals surface area contributed by atoms with E-state index >= 15 is 0 Å². The van der Waals surface area contributed by atoms with Gasteiger partial charge in [-0.15, -0.1) is 0 Å². The van der Waals surface area contributed by atoms with Crippen molar-refractivity contribution in [1.82, 2.24) is 9.97 Å². The molecule has 94 valence electrons. The molecule has 1 heterocycles. The van der Waals surface area contributed by atoms with Crippen LogP contribution in [-0.4, -0.2) is 28.2 Å². The van der Waals surface area contributed by atoms with Crippen molar-refractivity contribution in [3.05, 3.63) is 35.1 Å². The van der Waals surface area contributed by atoms with Crippen LogP contribution in [0.5, 0.6) is 5.75 Å². The van der Waals surface area contributed by atoms with Gasteiger partial charge in [0.05, 0.1) is 19.2 Å². The van der Waals surface area contributed by atoms with Gasteiger partial charge in [0.15, 0.2) is 5.15 Å². The first-order valence-corrected chi connectivity index (χ1v) is 5.58. The number of rotatable bonds is 4. The lowest BCUT2D eigenvalue weighted by molar-refractivity contribution is -0.136. The van der Waals surface area contributed by atoms with E-state index in [1.165, 1.54) is 0 Å². The van der Waals surface area contributed by atoms with Gasteiger partial charge in [0, 0.05) is 5.56 Å². The smallest absolute Gasteiger partial charge is 0.309 e. The van der Waals surface area contributed by atoms with Crippen molar-refractivity contribution in [3.63, 3.8) is 0 Å². The lowest BCUT2D eigenvalue weighted by atomic mass is 10.2. The molecule has 0 saturated heterocycles. The predicted molar refractivity (Wildman–Crippen MR) is 66.9 cm³/mol. The second kappa shape index (κ2) is 5.10. The molecule has 0 radical (unpaired) electrons. The summed E-state index contributed by atoms with van der Waals surface area (Å²) < 4.78 is 5.11. The number of halogens is 1. The molecule has 1 aromatic heterocycles. The van der Waals surface area contributed by atoms with Gasteiger partial charge in [-0.2, -0.15) is 0 Å². The topological polar surface area (TPSA) is 75.2 Å². The first-order chi connectivity index (χ1) is 8.60. The molecule has 0 fully saturated rings. The number of hydrogen-bond donors (Lipinski definition) is 2. The van der Waals surface area contributed by atoms with Crippen LogP contribution in [0, 0.1) is 0 Å². The Morgan fingerprint density at radius 1 is 1.56 bits per heavy atom. The van der Waals surface area contributed by atoms with E-state index in [9.17, 15) is 4.79 Å². The SMILES string of the molecule is COc1cccc(-c2nc(Cl)c(CC(=O)O)[nH]2)c1. The quantitative estimate of drug-likeness (QED) is 0.891. The summed E-state index contributed by atoms with van der Waals surface area (Å²) >= 11 is 5.88. The molecule has 0 amide bonds. The summed E-state index contributed by atoms with van der Waals surface area (Å²) in [5.41, 5.74) is 1.18. The standard InChI is InChI=1S/C12H11ClN2O3/c1-18-8-4-2-3-7(5-8)12-14-9(6-10(16)17)11(13)15-12/h2-5H,6H2,1H3,(H,14,15)(H,16,17). The van der Waals surface area contributed by atoms with Crippen molar-refractivity contribution >= 4 is 17.6 Å². The number of carbonyl (C=O) groups is 1. The Kier molecular flexibility index (Phi) is 3.53. The summed E-state index contributed by atoms with van der Waals surface area (Å²) in [4.78, 5) is 17.6. The fourth-order valence-corrected chi connectivity index (χ4v) is 1.76. The number of carboxylic acids is 1. The molecule has 5 nitrogen and oxygen atoms in total. The summed E-state index contributed by atoms with van der Waals surface area (Å²) in [5.74, 6) is 0.257. The number of H-pyrrole nitrogens is 1. The number of hydrogen-bond acceptors (Lipinski definition) is 3. The lowest BCUT2D eigenvalue weighted by Crippen LogP contribution is -2.00. The molecule has 0 aliphatic heterocycles. The molecule has 0 atom stereocenters. The van der Waals surface area contributed by atoms with Gasteiger partial charge in [-0.1, -0.05) is 23.7 Å². The Balaban J connectivity index is 2.35. The number of nitrogens with zero attached hydrogens (tertiary/aromatic N) is 1. The van der Waals surface area contributed by atoms with Crippen LogP contribution >= 0.6 is 11.6 Å². The normalized spacial score (nSPS) is 10.3. The molecule has 1 aromatic carbocycles. The minimum atomic E-state index is -0.960. The van der Waals surface area contributed by atoms with Gasteiger partial charge >= 0.3 is 5.97 Å². The monoisotopic (exact) mass is 266 g/mol. The molecular formula is C12H11ClN2O3. The number of ether oxygens (including phenoxy) is 1. The zero-order chi connectivity index (χ0) is 13.1. The molecule has 0 aliphatic rings. The van der Waals surface area contributed by atoms with Crippen molar-refractivity contribution in [2.75, 3.05) is 7.11 Å². The fourth-order valence-electron chi connectivity index (χ4n) is 1.56. The number of carboxylic acid groups (broad SMARTS) is 1. The first-order valence-electron chi connectivity index (χ1n) is 5.20. The van der Waals surface area contributed by atoms with E-state index in [4.69, 9.17) is 21.4 Å². The van der Waals surface area contributed by atoms with Gasteiger partial charge in [0.25, 0.3) is 0 Å². The Bertz CT molecular complexity index is 580. The molecule has 0 spiro atoms. The second-order valence-electron chi connectivity index (χ2n) is 3.66. The fraction of sp³-hybridized carbons (Fsp3) is 0.167. The van der Waals surface area contributed by atoms with Gasteiger partial charge in [-0.3, -0.25) is 4.79 Å². The second-order valence-corrected chi connectivity index (χ2v) is 4.02. The van der Waals surface area contributed by atoms with Crippen molar-refractivity contribution in [2.24, 2.45) is 0 Å². The number of methoxy groups -OCH3 is 1. The van der Waals surface area contributed by atoms with E-state index in [1.807, 2.05) is 18.2 Å². The third-order valence-corrected chi connectivity index (χ3v) is 2.71. The van der Waals surface area contributed by atoms with Gasteiger partial charge in [-0.25, -0.2) is 4.98 Å². The van der Waals surface area contributed by atoms with Crippen LogP contribution in [0.15, 0.2) is 24.3 Å². The third-order valence-electron chi connectivity index (χ3n) is 2.40. The average Bonchev–Trinajstić information content (AvgIpc) is 2.70. The van der Waals surface area contributed by atoms with E-state index in [1.54, 1.807) is 13.2 Å². The van der Waals surface area contributed by atoms with E-state index in [0.717, 1.165) is 5.56 Å². The van der Waals surface area contributed by atoms with E-state index in [2.05, 4.69) is 9.97 Å². The summed E-state index contributed by atoms with van der Waals surface area (Å²) in [7, 11) is 1.57. The number of aromatic amines is 1. The summed E-state index contributed by atoms with van der Waals surface area (Å²) in [6.07, 6.45) is -0.185. The largest absolute Gasteiger partial charge is 0.497 e. The van der Waals surface area contributed by atoms with Crippen LogP contribution < -0.4 is 4.74 Å². The molecule has 2 aromatic rings. The third kappa shape index (κ3) is 2.62. The molecule has 0 saturated carbocycles. The van der Waals surface area contributed by atoms with Crippen LogP contribution in [0.1, 0.15) is 5.69 Å². The molecule has 0 unspecified atom stereocenters. The van der Waals surface area contributed by atoms with E-state index in [0.29, 0.717) is 17.3 Å². The van der Waals surface area contributed by atoms with E-state index in [-0.39, 0.29) is 11.6 Å². The lowest BCUT2D eigenvalue weighted by Gasteiger charge is -2.01. The van der Waals surface area contributed by atoms with Crippen LogP contribution in [0.2, 0.25) is 5.15 Å². The predicted octanol–water partition coefficient (Wildman–Crippen LogP) is 2.37. The highest BCUT2D eigenvalue weighted by atomic mass is 35.5. The minimum absolute atomic E-state index is 0.176. The molecule has 6 heteroatoms. The molecule has 18 heavy (non-hydrogen) atoms. The zero-order valence-electron chi connectivity index (χ0n) is 9.61. The molecule has 2 N–H and O–H groups in total. The van der Waals surface area contributed by atoms with Crippen molar-refractivity contribution in [3.8, 4) is 17.1 Å². The maximum Gasteiger partial charge on any atom is 0.309 e. The number of nitrogens with one attached hydrogen (secondary N) is 1. The van der Waals surface area contributed by atoms with Crippen LogP contribution in [0.4, 0.5) is 0 Å². The van der Waals surface area contributed by atoms with Gasteiger partial charge in [0.1, 0.15) is 11.6 Å². The summed E-state index contributed by atoms with van der Waals surface area (Å²) in [5, 5.41) is 8.90. The highest BCUT2D eigenvalue weighted by Gasteiger charge is 2.12. The Morgan fingerprint density at radius 3 is 3.00 bits per heavy atom. The van der Waals surface area contributed by atoms with E-state index < -0.39 is 5.97 Å². The number of imidazole rings is 1. The number of aliphatic carboxylic acids is 1.